The molecule has 3 heterocycles. The van der Waals surface area contributed by atoms with Crippen molar-refractivity contribution < 1.29 is 67.7 Å². The van der Waals surface area contributed by atoms with E-state index in [4.69, 9.17) is 28.4 Å². The first kappa shape index (κ1) is 57.2. The summed E-state index contributed by atoms with van der Waals surface area (Å²) in [4.78, 5) is 72.1. The van der Waals surface area contributed by atoms with E-state index in [0.717, 1.165) is 12.0 Å². The number of aliphatic hydroxyl groups is 3. The normalized spacial score (nSPS) is 39.2. The number of nitrogens with zero attached hydrogens (tertiary/aromatic N) is 1. The Morgan fingerprint density at radius 3 is 2.26 bits per heavy atom. The Morgan fingerprint density at radius 2 is 1.59 bits per heavy atom. The number of piperidine rings is 1. The fraction of sp³-hybridized carbons (Fsp3) is 0.755. The molecule has 1 saturated carbocycles. The molecule has 0 aromatic heterocycles. The Bertz CT molecular complexity index is 1810. The van der Waals surface area contributed by atoms with Crippen molar-refractivity contribution in [1.82, 2.24) is 4.90 Å². The van der Waals surface area contributed by atoms with Gasteiger partial charge < -0.3 is 48.6 Å². The maximum absolute atomic E-state index is 14.5. The highest BCUT2D eigenvalue weighted by Crippen LogP contribution is 2.38. The molecule has 15 atom stereocenters. The number of ketones is 3. The summed E-state index contributed by atoms with van der Waals surface area (Å²) in [6, 6.07) is -1.14. The highest BCUT2D eigenvalue weighted by Gasteiger charge is 2.53. The van der Waals surface area contributed by atoms with Gasteiger partial charge in [0.05, 0.1) is 37.6 Å². The first-order chi connectivity index (χ1) is 32.3. The molecule has 15 heteroatoms. The highest BCUT2D eigenvalue weighted by atomic mass is 16.6. The van der Waals surface area contributed by atoms with Gasteiger partial charge in [0.1, 0.15) is 30.1 Å². The van der Waals surface area contributed by atoms with E-state index in [-0.39, 0.29) is 74.1 Å². The number of ether oxygens (including phenoxy) is 6. The smallest absolute Gasteiger partial charge is 0.329 e. The van der Waals surface area contributed by atoms with E-state index < -0.39 is 77.8 Å². The summed E-state index contributed by atoms with van der Waals surface area (Å²) in [5, 5.41) is 32.8. The highest BCUT2D eigenvalue weighted by molar-refractivity contribution is 6.39. The van der Waals surface area contributed by atoms with Gasteiger partial charge in [-0.25, -0.2) is 4.79 Å². The summed E-state index contributed by atoms with van der Waals surface area (Å²) in [7, 11) is 4.58. The first-order valence-electron chi connectivity index (χ1n) is 25.0. The first-order valence-corrected chi connectivity index (χ1v) is 25.0. The summed E-state index contributed by atoms with van der Waals surface area (Å²) < 4.78 is 35.6. The van der Waals surface area contributed by atoms with Gasteiger partial charge in [0.15, 0.2) is 5.78 Å². The number of hydrogen-bond donors (Lipinski definition) is 3. The fourth-order valence-electron chi connectivity index (χ4n) is 10.5. The third-order valence-corrected chi connectivity index (χ3v) is 14.9. The van der Waals surface area contributed by atoms with Gasteiger partial charge in [0, 0.05) is 58.5 Å². The van der Waals surface area contributed by atoms with Crippen molar-refractivity contribution in [1.29, 1.82) is 0 Å². The molecule has 3 aliphatic heterocycles. The average Bonchev–Trinajstić information content (AvgIpc) is 3.32. The number of allylic oxidation sites excluding steroid dienone is 6. The molecule has 2 saturated heterocycles. The lowest BCUT2D eigenvalue weighted by Gasteiger charge is -2.42. The molecule has 0 radical (unpaired) electrons. The van der Waals surface area contributed by atoms with Crippen LogP contribution in [-0.4, -0.2) is 145 Å². The molecule has 4 rings (SSSR count). The number of aliphatic hydroxyl groups excluding tert-OH is 2. The minimum atomic E-state index is -2.43. The number of rotatable bonds is 9. The predicted molar refractivity (Wildman–Crippen MR) is 256 cm³/mol. The van der Waals surface area contributed by atoms with Gasteiger partial charge in [-0.1, -0.05) is 71.1 Å². The summed E-state index contributed by atoms with van der Waals surface area (Å²) in [6.07, 6.45) is 12.0. The molecule has 15 nitrogen and oxygen atoms in total. The number of hydrogen-bond acceptors (Lipinski definition) is 14. The SMILES string of the molecule is CO[C@H]1C[C@@H]2CC[C@@H](C)[C@@](O)(O2)C(=O)C(=O)N2CCCC[C@H]2C(=O)O[C@H]([C@H](C)C[C@H]2CC[C@@H](OCCO)[C@H](OC)C2)CC(=O)[C@H](C)/C=C(\C)[C@@H](O)[C@H](OC)C(=O)[C@H](C)C[C@H](C)/C=C/C=C/C=C/1C. The number of fused-ring (bicyclic) bond motifs is 3. The molecule has 3 N–H and O–H groups in total. The van der Waals surface area contributed by atoms with E-state index in [1.54, 1.807) is 41.1 Å². The lowest BCUT2D eigenvalue weighted by atomic mass is 9.78. The van der Waals surface area contributed by atoms with Crippen LogP contribution in [0.4, 0.5) is 0 Å². The minimum absolute atomic E-state index is 0.0158. The number of carbonyl (C=O) groups excluding carboxylic acids is 5. The van der Waals surface area contributed by atoms with Crippen LogP contribution in [0.5, 0.6) is 0 Å². The maximum atomic E-state index is 14.5. The molecule has 384 valence electrons. The summed E-state index contributed by atoms with van der Waals surface area (Å²) >= 11 is 0. The molecule has 1 aliphatic carbocycles. The molecule has 0 unspecified atom stereocenters. The molecular formula is C53H83NO14. The van der Waals surface area contributed by atoms with Crippen molar-refractivity contribution in [2.45, 2.75) is 180 Å². The van der Waals surface area contributed by atoms with Gasteiger partial charge in [-0.05, 0) is 107 Å². The average molecular weight is 958 g/mol. The van der Waals surface area contributed by atoms with Crippen LogP contribution in [0, 0.1) is 35.5 Å². The van der Waals surface area contributed by atoms with Crippen molar-refractivity contribution in [2.24, 2.45) is 35.5 Å². The zero-order valence-corrected chi connectivity index (χ0v) is 42.4. The predicted octanol–water partition coefficient (Wildman–Crippen LogP) is 6.20. The Balaban J connectivity index is 1.70. The van der Waals surface area contributed by atoms with Crippen LogP contribution in [0.15, 0.2) is 47.6 Å². The van der Waals surface area contributed by atoms with Crippen LogP contribution in [0.25, 0.3) is 0 Å². The number of cyclic esters (lactones) is 1. The largest absolute Gasteiger partial charge is 0.460 e. The monoisotopic (exact) mass is 958 g/mol. The van der Waals surface area contributed by atoms with E-state index >= 15 is 0 Å². The van der Waals surface area contributed by atoms with Crippen molar-refractivity contribution in [3.05, 3.63) is 47.6 Å². The minimum Gasteiger partial charge on any atom is -0.460 e. The van der Waals surface area contributed by atoms with E-state index in [1.807, 2.05) is 58.1 Å². The molecule has 0 spiro atoms. The van der Waals surface area contributed by atoms with Crippen LogP contribution >= 0.6 is 0 Å². The number of amides is 1. The fourth-order valence-corrected chi connectivity index (χ4v) is 10.5. The number of methoxy groups -OCH3 is 3. The van der Waals surface area contributed by atoms with Gasteiger partial charge in [0.25, 0.3) is 11.7 Å². The van der Waals surface area contributed by atoms with E-state index in [1.165, 1.54) is 12.0 Å². The van der Waals surface area contributed by atoms with Crippen molar-refractivity contribution in [3.8, 4) is 0 Å². The number of carbonyl (C=O) groups is 5. The van der Waals surface area contributed by atoms with Gasteiger partial charge in [-0.2, -0.15) is 0 Å². The Morgan fingerprint density at radius 1 is 0.853 bits per heavy atom. The van der Waals surface area contributed by atoms with E-state index in [9.17, 15) is 39.3 Å². The molecule has 1 amide bonds. The lowest BCUT2D eigenvalue weighted by molar-refractivity contribution is -0.265. The third kappa shape index (κ3) is 15.3. The van der Waals surface area contributed by atoms with Gasteiger partial charge in [-0.3, -0.25) is 19.2 Å². The standard InChI is InChI=1S/C53H83NO14/c1-32-16-12-11-13-17-33(2)44(63-8)30-40-21-19-38(7)53(62,68-40)50(59)51(60)54-23-15-14-18-41(54)52(61)67-45(35(4)28-39-20-22-43(66-25-24-55)46(29-39)64-9)31-42(56)34(3)27-37(6)48(58)49(65-10)47(57)36(5)26-32/h11-13,16-17,27,32,34-36,38-41,43-46,48-49,55,58,62H,14-15,18-26,28-31H2,1-10H3/b13-11+,16-12+,33-17+,37-27+/t32-,34-,35-,36-,38-,39-,40+,41+,43-,44+,45+,46-,48-,49-,53-/m1/s1. The van der Waals surface area contributed by atoms with E-state index in [2.05, 4.69) is 0 Å². The number of Topliss-reactive ketones (excluding diaryl/α,β-unsaturated/α-hetero) is 3. The molecule has 0 aromatic carbocycles. The topological polar surface area (TPSA) is 205 Å². The summed E-state index contributed by atoms with van der Waals surface area (Å²) in [5.41, 5.74) is 1.26. The molecule has 68 heavy (non-hydrogen) atoms. The zero-order valence-electron chi connectivity index (χ0n) is 42.4. The molecule has 4 aliphatic rings. The maximum Gasteiger partial charge on any atom is 0.329 e. The van der Waals surface area contributed by atoms with Crippen LogP contribution in [-0.2, 0) is 52.4 Å². The second kappa shape index (κ2) is 27.3. The zero-order chi connectivity index (χ0) is 50.3. The van der Waals surface area contributed by atoms with Gasteiger partial charge in [0.2, 0.25) is 5.79 Å². The van der Waals surface area contributed by atoms with E-state index in [0.29, 0.717) is 63.4 Å². The second-order valence-electron chi connectivity index (χ2n) is 20.2. The Kier molecular flexibility index (Phi) is 22.9. The van der Waals surface area contributed by atoms with Crippen LogP contribution in [0.3, 0.4) is 0 Å². The molecule has 2 bridgehead atoms. The molecule has 0 aromatic rings. The van der Waals surface area contributed by atoms with Gasteiger partial charge >= 0.3 is 5.97 Å². The number of esters is 1. The molecular weight excluding hydrogens is 875 g/mol. The van der Waals surface area contributed by atoms with Crippen LogP contribution < -0.4 is 0 Å². The summed E-state index contributed by atoms with van der Waals surface area (Å²) in [5.74, 6) is -7.96. The van der Waals surface area contributed by atoms with Gasteiger partial charge in [-0.15, -0.1) is 0 Å². The lowest BCUT2D eigenvalue weighted by Crippen LogP contribution is -2.61. The Labute approximate surface area is 405 Å². The molecule has 3 fully saturated rings. The second-order valence-corrected chi connectivity index (χ2v) is 20.2. The Hall–Kier alpha value is -3.41. The van der Waals surface area contributed by atoms with Crippen LogP contribution in [0.2, 0.25) is 0 Å². The van der Waals surface area contributed by atoms with Crippen molar-refractivity contribution in [3.63, 3.8) is 0 Å². The quantitative estimate of drug-likeness (QED) is 0.134. The van der Waals surface area contributed by atoms with Crippen LogP contribution in [0.1, 0.15) is 126 Å². The summed E-state index contributed by atoms with van der Waals surface area (Å²) in [6.45, 7) is 12.9. The third-order valence-electron chi connectivity index (χ3n) is 14.9. The van der Waals surface area contributed by atoms with Crippen molar-refractivity contribution >= 4 is 29.2 Å². The van der Waals surface area contributed by atoms with Crippen molar-refractivity contribution in [2.75, 3.05) is 41.1 Å².